The lowest BCUT2D eigenvalue weighted by atomic mass is 10.0. The Bertz CT molecular complexity index is 775. The first-order valence-electron chi connectivity index (χ1n) is 9.35. The van der Waals surface area contributed by atoms with E-state index in [4.69, 9.17) is 5.73 Å². The summed E-state index contributed by atoms with van der Waals surface area (Å²) >= 11 is 0. The normalized spacial score (nSPS) is 23.4. The number of rotatable bonds is 4. The van der Waals surface area contributed by atoms with Gasteiger partial charge in [-0.25, -0.2) is 8.42 Å². The summed E-state index contributed by atoms with van der Waals surface area (Å²) in [6, 6.07) is 3.90. The molecule has 0 radical (unpaired) electrons. The van der Waals surface area contributed by atoms with Crippen LogP contribution in [0.15, 0.2) is 17.0 Å². The van der Waals surface area contributed by atoms with E-state index in [1.807, 2.05) is 32.9 Å². The molecule has 0 aromatic heterocycles. The Morgan fingerprint density at radius 1 is 1.04 bits per heavy atom. The number of benzene rings is 1. The van der Waals surface area contributed by atoms with Crippen molar-refractivity contribution in [1.29, 1.82) is 0 Å². The first-order chi connectivity index (χ1) is 12.2. The van der Waals surface area contributed by atoms with Crippen molar-refractivity contribution in [1.82, 2.24) is 9.21 Å². The molecule has 2 fully saturated rings. The number of hydrogen-bond donors (Lipinski definition) is 1. The highest BCUT2D eigenvalue weighted by Crippen LogP contribution is 2.30. The van der Waals surface area contributed by atoms with E-state index in [0.717, 1.165) is 48.9 Å². The largest absolute Gasteiger partial charge is 0.368 e. The molecule has 2 heterocycles. The summed E-state index contributed by atoms with van der Waals surface area (Å²) in [5, 5.41) is 0. The second-order valence-corrected chi connectivity index (χ2v) is 9.54. The van der Waals surface area contributed by atoms with Crippen LogP contribution in [0.5, 0.6) is 0 Å². The molecule has 26 heavy (non-hydrogen) atoms. The molecule has 1 atom stereocenters. The highest BCUT2D eigenvalue weighted by molar-refractivity contribution is 7.89. The quantitative estimate of drug-likeness (QED) is 0.863. The molecule has 0 bridgehead atoms. The van der Waals surface area contributed by atoms with E-state index in [9.17, 15) is 13.2 Å². The summed E-state index contributed by atoms with van der Waals surface area (Å²) in [4.78, 5) is 14.3. The minimum absolute atomic E-state index is 0.190. The number of nitrogens with two attached hydrogens (primary N) is 1. The van der Waals surface area contributed by atoms with Crippen molar-refractivity contribution < 1.29 is 13.2 Å². The molecule has 1 aromatic carbocycles. The van der Waals surface area contributed by atoms with Crippen LogP contribution in [0.4, 0.5) is 0 Å². The second kappa shape index (κ2) is 7.29. The predicted octanol–water partition coefficient (Wildman–Crippen LogP) is 1.71. The molecule has 2 aliphatic rings. The Balaban J connectivity index is 1.75. The maximum atomic E-state index is 13.2. The highest BCUT2D eigenvalue weighted by Gasteiger charge is 2.38. The lowest BCUT2D eigenvalue weighted by Gasteiger charge is -2.38. The monoisotopic (exact) mass is 379 g/mol. The Kier molecular flexibility index (Phi) is 5.42. The molecule has 1 aromatic rings. The summed E-state index contributed by atoms with van der Waals surface area (Å²) in [6.07, 6.45) is 3.28. The Labute approximate surface area is 156 Å². The first kappa shape index (κ1) is 19.3. The SMILES string of the molecule is Cc1cc(C)c(S(=O)(=O)N2CCC(N3CCCC3C(N)=O)CC2)c(C)c1. The number of primary amides is 1. The number of carbonyl (C=O) groups is 1. The third-order valence-electron chi connectivity index (χ3n) is 5.72. The zero-order valence-electron chi connectivity index (χ0n) is 15.9. The predicted molar refractivity (Wildman–Crippen MR) is 101 cm³/mol. The molecular formula is C19H29N3O3S. The van der Waals surface area contributed by atoms with Crippen LogP contribution in [0, 0.1) is 20.8 Å². The molecule has 7 heteroatoms. The van der Waals surface area contributed by atoms with E-state index in [0.29, 0.717) is 18.0 Å². The van der Waals surface area contributed by atoms with Gasteiger partial charge in [0.2, 0.25) is 15.9 Å². The van der Waals surface area contributed by atoms with E-state index in [-0.39, 0.29) is 18.0 Å². The number of likely N-dealkylation sites (tertiary alicyclic amines) is 1. The molecule has 144 valence electrons. The van der Waals surface area contributed by atoms with Crippen LogP contribution in [0.25, 0.3) is 0 Å². The van der Waals surface area contributed by atoms with Gasteiger partial charge in [0, 0.05) is 19.1 Å². The van der Waals surface area contributed by atoms with Crippen molar-refractivity contribution >= 4 is 15.9 Å². The Morgan fingerprint density at radius 3 is 2.15 bits per heavy atom. The topological polar surface area (TPSA) is 83.7 Å². The first-order valence-corrected chi connectivity index (χ1v) is 10.8. The average molecular weight is 380 g/mol. The highest BCUT2D eigenvalue weighted by atomic mass is 32.2. The third-order valence-corrected chi connectivity index (χ3v) is 7.92. The number of hydrogen-bond acceptors (Lipinski definition) is 4. The maximum absolute atomic E-state index is 13.2. The number of carbonyl (C=O) groups excluding carboxylic acids is 1. The molecule has 2 aliphatic heterocycles. The fraction of sp³-hybridized carbons (Fsp3) is 0.632. The maximum Gasteiger partial charge on any atom is 0.243 e. The molecule has 6 nitrogen and oxygen atoms in total. The number of piperidine rings is 1. The van der Waals surface area contributed by atoms with Gasteiger partial charge in [-0.15, -0.1) is 0 Å². The minimum Gasteiger partial charge on any atom is -0.368 e. The van der Waals surface area contributed by atoms with Crippen LogP contribution in [-0.4, -0.2) is 55.2 Å². The van der Waals surface area contributed by atoms with Gasteiger partial charge < -0.3 is 5.73 Å². The van der Waals surface area contributed by atoms with E-state index < -0.39 is 10.0 Å². The summed E-state index contributed by atoms with van der Waals surface area (Å²) in [6.45, 7) is 7.56. The average Bonchev–Trinajstić information content (AvgIpc) is 3.03. The molecule has 0 spiro atoms. The van der Waals surface area contributed by atoms with E-state index in [2.05, 4.69) is 4.90 Å². The zero-order chi connectivity index (χ0) is 19.1. The molecule has 1 amide bonds. The summed E-state index contributed by atoms with van der Waals surface area (Å²) in [5.74, 6) is -0.261. The third kappa shape index (κ3) is 3.52. The number of amides is 1. The van der Waals surface area contributed by atoms with Crippen molar-refractivity contribution in [2.24, 2.45) is 5.73 Å². The van der Waals surface area contributed by atoms with Crippen LogP contribution >= 0.6 is 0 Å². The number of aryl methyl sites for hydroxylation is 3. The van der Waals surface area contributed by atoms with E-state index in [1.54, 1.807) is 4.31 Å². The smallest absolute Gasteiger partial charge is 0.243 e. The fourth-order valence-corrected chi connectivity index (χ4v) is 6.53. The Hall–Kier alpha value is -1.44. The van der Waals surface area contributed by atoms with Gasteiger partial charge in [0.25, 0.3) is 0 Å². The molecule has 1 unspecified atom stereocenters. The lowest BCUT2D eigenvalue weighted by Crippen LogP contribution is -2.51. The van der Waals surface area contributed by atoms with Crippen LogP contribution in [0.3, 0.4) is 0 Å². The van der Waals surface area contributed by atoms with Crippen molar-refractivity contribution in [3.05, 3.63) is 28.8 Å². The zero-order valence-corrected chi connectivity index (χ0v) is 16.7. The van der Waals surface area contributed by atoms with Crippen LogP contribution in [0.2, 0.25) is 0 Å². The molecule has 2 N–H and O–H groups in total. The van der Waals surface area contributed by atoms with Crippen molar-refractivity contribution in [2.75, 3.05) is 19.6 Å². The van der Waals surface area contributed by atoms with Crippen molar-refractivity contribution in [3.8, 4) is 0 Å². The fourth-order valence-electron chi connectivity index (χ4n) is 4.65. The standard InChI is InChI=1S/C19H29N3O3S/c1-13-11-14(2)18(15(3)12-13)26(24,25)21-9-6-16(7-10-21)22-8-4-5-17(22)19(20)23/h11-12,16-17H,4-10H2,1-3H3,(H2,20,23). The van der Waals surface area contributed by atoms with Crippen LogP contribution < -0.4 is 5.73 Å². The summed E-state index contributed by atoms with van der Waals surface area (Å²) in [5.41, 5.74) is 8.21. The molecule has 0 aliphatic carbocycles. The van der Waals surface area contributed by atoms with Gasteiger partial charge in [-0.1, -0.05) is 17.7 Å². The second-order valence-electron chi connectivity index (χ2n) is 7.66. The van der Waals surface area contributed by atoms with Gasteiger partial charge in [0.1, 0.15) is 0 Å². The lowest BCUT2D eigenvalue weighted by molar-refractivity contribution is -0.123. The van der Waals surface area contributed by atoms with Gasteiger partial charge >= 0.3 is 0 Å². The molecule has 0 saturated carbocycles. The molecular weight excluding hydrogens is 350 g/mol. The van der Waals surface area contributed by atoms with Crippen LogP contribution in [-0.2, 0) is 14.8 Å². The molecule has 3 rings (SSSR count). The minimum atomic E-state index is -3.49. The number of nitrogens with zero attached hydrogens (tertiary/aromatic N) is 2. The van der Waals surface area contributed by atoms with E-state index in [1.165, 1.54) is 0 Å². The van der Waals surface area contributed by atoms with Gasteiger partial charge in [-0.05, 0) is 64.1 Å². The van der Waals surface area contributed by atoms with Crippen molar-refractivity contribution in [2.45, 2.75) is 63.4 Å². The van der Waals surface area contributed by atoms with Crippen molar-refractivity contribution in [3.63, 3.8) is 0 Å². The molecule has 2 saturated heterocycles. The summed E-state index contributed by atoms with van der Waals surface area (Å²) in [7, 11) is -3.49. The summed E-state index contributed by atoms with van der Waals surface area (Å²) < 4.78 is 28.0. The van der Waals surface area contributed by atoms with Gasteiger partial charge in [0.15, 0.2) is 0 Å². The van der Waals surface area contributed by atoms with Gasteiger partial charge in [0.05, 0.1) is 10.9 Å². The van der Waals surface area contributed by atoms with E-state index >= 15 is 0 Å². The van der Waals surface area contributed by atoms with Crippen LogP contribution in [0.1, 0.15) is 42.4 Å². The van der Waals surface area contributed by atoms with Gasteiger partial charge in [-0.2, -0.15) is 4.31 Å². The van der Waals surface area contributed by atoms with Gasteiger partial charge in [-0.3, -0.25) is 9.69 Å². The Morgan fingerprint density at radius 2 is 1.62 bits per heavy atom. The number of sulfonamides is 1.